The third kappa shape index (κ3) is 4.77. The van der Waals surface area contributed by atoms with Gasteiger partial charge < -0.3 is 10.0 Å². The van der Waals surface area contributed by atoms with Gasteiger partial charge in [0, 0.05) is 18.8 Å². The Hall–Kier alpha value is -1.49. The molecule has 0 saturated carbocycles. The Balaban J connectivity index is 1.72. The summed E-state index contributed by atoms with van der Waals surface area (Å²) in [6, 6.07) is 8.30. The molecule has 1 aliphatic heterocycles. The molecule has 2 rings (SSSR count). The highest BCUT2D eigenvalue weighted by Gasteiger charge is 2.26. The molecule has 0 radical (unpaired) electrons. The Bertz CT molecular complexity index is 510. The molecule has 1 amide bonds. The van der Waals surface area contributed by atoms with Crippen molar-refractivity contribution in [1.82, 2.24) is 4.90 Å². The molecule has 0 unspecified atom stereocenters. The van der Waals surface area contributed by atoms with E-state index in [1.807, 2.05) is 6.07 Å². The van der Waals surface area contributed by atoms with Crippen LogP contribution in [0.25, 0.3) is 0 Å². The topological polar surface area (TPSA) is 57.6 Å². The first-order valence-corrected chi connectivity index (χ1v) is 8.35. The molecule has 1 heterocycles. The van der Waals surface area contributed by atoms with E-state index in [1.165, 1.54) is 11.1 Å². The van der Waals surface area contributed by atoms with E-state index in [2.05, 4.69) is 25.1 Å². The SMILES string of the molecule is Cc1cccc(CSCC(=O)N2CCC(C(=O)O)CC2)c1. The average molecular weight is 307 g/mol. The number of aliphatic carboxylic acids is 1. The predicted octanol–water partition coefficient (Wildman–Crippen LogP) is 2.55. The van der Waals surface area contributed by atoms with Crippen LogP contribution in [0.5, 0.6) is 0 Å². The van der Waals surface area contributed by atoms with Crippen LogP contribution in [-0.2, 0) is 15.3 Å². The molecule has 1 aliphatic rings. The Kier molecular flexibility index (Phi) is 5.67. The number of rotatable bonds is 5. The van der Waals surface area contributed by atoms with Gasteiger partial charge in [-0.05, 0) is 25.3 Å². The molecular formula is C16H21NO3S. The number of likely N-dealkylation sites (tertiary alicyclic amines) is 1. The first-order valence-electron chi connectivity index (χ1n) is 7.20. The summed E-state index contributed by atoms with van der Waals surface area (Å²) in [7, 11) is 0. The van der Waals surface area contributed by atoms with E-state index in [1.54, 1.807) is 16.7 Å². The summed E-state index contributed by atoms with van der Waals surface area (Å²) in [5.41, 5.74) is 2.47. The zero-order chi connectivity index (χ0) is 15.2. The van der Waals surface area contributed by atoms with E-state index < -0.39 is 5.97 Å². The second kappa shape index (κ2) is 7.50. The van der Waals surface area contributed by atoms with Crippen LogP contribution >= 0.6 is 11.8 Å². The molecule has 0 aromatic heterocycles. The first-order chi connectivity index (χ1) is 10.1. The van der Waals surface area contributed by atoms with Gasteiger partial charge >= 0.3 is 5.97 Å². The van der Waals surface area contributed by atoms with Crippen molar-refractivity contribution in [3.63, 3.8) is 0 Å². The highest BCUT2D eigenvalue weighted by atomic mass is 32.2. The van der Waals surface area contributed by atoms with Gasteiger partial charge in [-0.15, -0.1) is 11.8 Å². The van der Waals surface area contributed by atoms with Crippen LogP contribution in [0.2, 0.25) is 0 Å². The highest BCUT2D eigenvalue weighted by molar-refractivity contribution is 7.99. The number of piperidine rings is 1. The fourth-order valence-electron chi connectivity index (χ4n) is 2.53. The summed E-state index contributed by atoms with van der Waals surface area (Å²) >= 11 is 1.62. The molecule has 0 bridgehead atoms. The number of hydrogen-bond acceptors (Lipinski definition) is 3. The molecule has 1 aromatic rings. The van der Waals surface area contributed by atoms with E-state index >= 15 is 0 Å². The van der Waals surface area contributed by atoms with Crippen molar-refractivity contribution in [1.29, 1.82) is 0 Å². The maximum absolute atomic E-state index is 12.1. The molecule has 0 atom stereocenters. The molecule has 1 N–H and O–H groups in total. The van der Waals surface area contributed by atoms with Crippen LogP contribution in [0.3, 0.4) is 0 Å². The van der Waals surface area contributed by atoms with E-state index in [4.69, 9.17) is 5.11 Å². The van der Waals surface area contributed by atoms with Crippen LogP contribution < -0.4 is 0 Å². The van der Waals surface area contributed by atoms with Crippen molar-refractivity contribution in [2.75, 3.05) is 18.8 Å². The number of carbonyl (C=O) groups is 2. The summed E-state index contributed by atoms with van der Waals surface area (Å²) in [4.78, 5) is 24.8. The molecule has 21 heavy (non-hydrogen) atoms. The molecule has 0 aliphatic carbocycles. The van der Waals surface area contributed by atoms with E-state index in [9.17, 15) is 9.59 Å². The van der Waals surface area contributed by atoms with E-state index in [0.29, 0.717) is 31.7 Å². The number of aryl methyl sites for hydroxylation is 1. The normalized spacial score (nSPS) is 16.0. The molecule has 0 spiro atoms. The van der Waals surface area contributed by atoms with Gasteiger partial charge in [0.1, 0.15) is 0 Å². The number of benzene rings is 1. The first kappa shape index (κ1) is 15.9. The minimum absolute atomic E-state index is 0.122. The number of carboxylic acid groups (broad SMARTS) is 1. The quantitative estimate of drug-likeness (QED) is 0.908. The van der Waals surface area contributed by atoms with E-state index in [-0.39, 0.29) is 11.8 Å². The van der Waals surface area contributed by atoms with E-state index in [0.717, 1.165) is 5.75 Å². The van der Waals surface area contributed by atoms with Gasteiger partial charge in [0.05, 0.1) is 11.7 Å². The Labute approximate surface area is 129 Å². The minimum Gasteiger partial charge on any atom is -0.481 e. The number of carboxylic acids is 1. The van der Waals surface area contributed by atoms with Gasteiger partial charge in [0.2, 0.25) is 5.91 Å². The Morgan fingerprint density at radius 2 is 2.05 bits per heavy atom. The lowest BCUT2D eigenvalue weighted by atomic mass is 9.97. The van der Waals surface area contributed by atoms with Crippen LogP contribution in [0.15, 0.2) is 24.3 Å². The predicted molar refractivity (Wildman–Crippen MR) is 84.3 cm³/mol. The summed E-state index contributed by atoms with van der Waals surface area (Å²) in [5, 5.41) is 8.95. The van der Waals surface area contributed by atoms with Crippen molar-refractivity contribution in [2.45, 2.75) is 25.5 Å². The zero-order valence-corrected chi connectivity index (χ0v) is 13.1. The largest absolute Gasteiger partial charge is 0.481 e. The van der Waals surface area contributed by atoms with Crippen LogP contribution in [0, 0.1) is 12.8 Å². The molecular weight excluding hydrogens is 286 g/mol. The Morgan fingerprint density at radius 3 is 2.67 bits per heavy atom. The van der Waals surface area contributed by atoms with Gasteiger partial charge in [-0.3, -0.25) is 9.59 Å². The summed E-state index contributed by atoms with van der Waals surface area (Å²) in [5.74, 6) is 0.395. The number of hydrogen-bond donors (Lipinski definition) is 1. The van der Waals surface area contributed by atoms with Gasteiger partial charge in [-0.25, -0.2) is 0 Å². The maximum Gasteiger partial charge on any atom is 0.306 e. The average Bonchev–Trinajstić information content (AvgIpc) is 2.47. The fourth-order valence-corrected chi connectivity index (χ4v) is 3.40. The lowest BCUT2D eigenvalue weighted by Crippen LogP contribution is -2.41. The van der Waals surface area contributed by atoms with Gasteiger partial charge in [0.25, 0.3) is 0 Å². The van der Waals surface area contributed by atoms with Gasteiger partial charge in [-0.1, -0.05) is 29.8 Å². The smallest absolute Gasteiger partial charge is 0.306 e. The van der Waals surface area contributed by atoms with Crippen LogP contribution in [-0.4, -0.2) is 40.7 Å². The number of nitrogens with zero attached hydrogens (tertiary/aromatic N) is 1. The van der Waals surface area contributed by atoms with Crippen molar-refractivity contribution in [3.05, 3.63) is 35.4 Å². The molecule has 1 aromatic carbocycles. The fraction of sp³-hybridized carbons (Fsp3) is 0.500. The summed E-state index contributed by atoms with van der Waals surface area (Å²) < 4.78 is 0. The molecule has 1 fully saturated rings. The lowest BCUT2D eigenvalue weighted by Gasteiger charge is -2.30. The monoisotopic (exact) mass is 307 g/mol. The maximum atomic E-state index is 12.1. The summed E-state index contributed by atoms with van der Waals surface area (Å²) in [6.45, 7) is 3.20. The van der Waals surface area contributed by atoms with Crippen molar-refractivity contribution in [2.24, 2.45) is 5.92 Å². The van der Waals surface area contributed by atoms with Crippen molar-refractivity contribution in [3.8, 4) is 0 Å². The Morgan fingerprint density at radius 1 is 1.33 bits per heavy atom. The van der Waals surface area contributed by atoms with Crippen molar-refractivity contribution < 1.29 is 14.7 Å². The second-order valence-electron chi connectivity index (χ2n) is 5.48. The van der Waals surface area contributed by atoms with Crippen molar-refractivity contribution >= 4 is 23.6 Å². The lowest BCUT2D eigenvalue weighted by molar-refractivity contribution is -0.145. The summed E-state index contributed by atoms with van der Waals surface area (Å²) in [6.07, 6.45) is 1.15. The highest BCUT2D eigenvalue weighted by Crippen LogP contribution is 2.19. The number of amides is 1. The minimum atomic E-state index is -0.740. The van der Waals surface area contributed by atoms with Gasteiger partial charge in [0.15, 0.2) is 0 Å². The van der Waals surface area contributed by atoms with Crippen LogP contribution in [0.4, 0.5) is 0 Å². The number of carbonyl (C=O) groups excluding carboxylic acids is 1. The molecule has 114 valence electrons. The molecule has 4 nitrogen and oxygen atoms in total. The third-order valence-corrected chi connectivity index (χ3v) is 4.76. The molecule has 1 saturated heterocycles. The van der Waals surface area contributed by atoms with Crippen LogP contribution in [0.1, 0.15) is 24.0 Å². The standard InChI is InChI=1S/C16H21NO3S/c1-12-3-2-4-13(9-12)10-21-11-15(18)17-7-5-14(6-8-17)16(19)20/h2-4,9,14H,5-8,10-11H2,1H3,(H,19,20). The zero-order valence-electron chi connectivity index (χ0n) is 12.2. The number of thioether (sulfide) groups is 1. The second-order valence-corrected chi connectivity index (χ2v) is 6.46. The van der Waals surface area contributed by atoms with Gasteiger partial charge in [-0.2, -0.15) is 0 Å². The molecule has 5 heteroatoms. The third-order valence-electron chi connectivity index (χ3n) is 3.77.